The molecule has 0 saturated heterocycles. The lowest BCUT2D eigenvalue weighted by Gasteiger charge is -1.97. The molecule has 62 valence electrons. The fourth-order valence-electron chi connectivity index (χ4n) is 0.860. The first-order valence-electron chi connectivity index (χ1n) is 3.30. The topological polar surface area (TPSA) is 64.9 Å². The molecule has 0 radical (unpaired) electrons. The SMILES string of the molecule is Cc1nc(C2(N)CC2)no1.Cl. The van der Waals surface area contributed by atoms with Gasteiger partial charge in [-0.3, -0.25) is 0 Å². The van der Waals surface area contributed by atoms with E-state index in [1.54, 1.807) is 6.92 Å². The summed E-state index contributed by atoms with van der Waals surface area (Å²) in [5.74, 6) is 1.25. The van der Waals surface area contributed by atoms with Gasteiger partial charge in [0.15, 0.2) is 5.82 Å². The van der Waals surface area contributed by atoms with E-state index in [9.17, 15) is 0 Å². The van der Waals surface area contributed by atoms with Crippen LogP contribution in [0.1, 0.15) is 24.6 Å². The van der Waals surface area contributed by atoms with Crippen LogP contribution in [0.15, 0.2) is 4.52 Å². The van der Waals surface area contributed by atoms with Gasteiger partial charge in [0.2, 0.25) is 5.89 Å². The van der Waals surface area contributed by atoms with Gasteiger partial charge < -0.3 is 10.3 Å². The fourth-order valence-corrected chi connectivity index (χ4v) is 0.860. The lowest BCUT2D eigenvalue weighted by atomic mass is 10.3. The van der Waals surface area contributed by atoms with Gasteiger partial charge in [-0.05, 0) is 12.8 Å². The normalized spacial score (nSPS) is 19.1. The fraction of sp³-hybridized carbons (Fsp3) is 0.667. The summed E-state index contributed by atoms with van der Waals surface area (Å²) in [6.07, 6.45) is 1.96. The Morgan fingerprint density at radius 1 is 1.55 bits per heavy atom. The van der Waals surface area contributed by atoms with Crippen molar-refractivity contribution in [3.05, 3.63) is 11.7 Å². The average molecular weight is 176 g/mol. The Labute approximate surface area is 70.6 Å². The van der Waals surface area contributed by atoms with Crippen LogP contribution in [0.25, 0.3) is 0 Å². The molecule has 1 saturated carbocycles. The van der Waals surface area contributed by atoms with Gasteiger partial charge in [0, 0.05) is 6.92 Å². The molecule has 0 bridgehead atoms. The maximum absolute atomic E-state index is 5.80. The van der Waals surface area contributed by atoms with Crippen LogP contribution in [0.2, 0.25) is 0 Å². The third-order valence-electron chi connectivity index (χ3n) is 1.76. The first-order chi connectivity index (χ1) is 4.71. The van der Waals surface area contributed by atoms with E-state index in [1.165, 1.54) is 0 Å². The summed E-state index contributed by atoms with van der Waals surface area (Å²) >= 11 is 0. The summed E-state index contributed by atoms with van der Waals surface area (Å²) in [5, 5.41) is 3.74. The Balaban J connectivity index is 0.000000605. The van der Waals surface area contributed by atoms with E-state index in [0.29, 0.717) is 11.7 Å². The molecule has 0 atom stereocenters. The number of nitrogens with two attached hydrogens (primary N) is 1. The Kier molecular flexibility index (Phi) is 1.90. The number of hydrogen-bond donors (Lipinski definition) is 1. The lowest BCUT2D eigenvalue weighted by molar-refractivity contribution is 0.382. The number of hydrogen-bond acceptors (Lipinski definition) is 4. The number of aryl methyl sites for hydroxylation is 1. The van der Waals surface area contributed by atoms with Crippen LogP contribution < -0.4 is 5.73 Å². The minimum absolute atomic E-state index is 0. The third-order valence-corrected chi connectivity index (χ3v) is 1.76. The molecule has 0 spiro atoms. The zero-order valence-corrected chi connectivity index (χ0v) is 7.02. The smallest absolute Gasteiger partial charge is 0.223 e. The van der Waals surface area contributed by atoms with E-state index in [0.717, 1.165) is 12.8 Å². The van der Waals surface area contributed by atoms with Crippen molar-refractivity contribution in [2.75, 3.05) is 0 Å². The highest BCUT2D eigenvalue weighted by Crippen LogP contribution is 2.40. The van der Waals surface area contributed by atoms with E-state index < -0.39 is 0 Å². The third kappa shape index (κ3) is 1.36. The standard InChI is InChI=1S/C6H9N3O.ClH/c1-4-8-5(9-10-4)6(7)2-3-6;/h2-3,7H2,1H3;1H. The van der Waals surface area contributed by atoms with Crippen LogP contribution in [0, 0.1) is 6.92 Å². The van der Waals surface area contributed by atoms with Gasteiger partial charge in [-0.2, -0.15) is 4.98 Å². The van der Waals surface area contributed by atoms with Crippen molar-refractivity contribution in [1.29, 1.82) is 0 Å². The molecule has 2 N–H and O–H groups in total. The van der Waals surface area contributed by atoms with Crippen LogP contribution in [0.3, 0.4) is 0 Å². The predicted molar refractivity (Wildman–Crippen MR) is 41.4 cm³/mol. The quantitative estimate of drug-likeness (QED) is 0.684. The molecule has 0 aromatic carbocycles. The lowest BCUT2D eigenvalue weighted by Crippen LogP contribution is -2.20. The van der Waals surface area contributed by atoms with Crippen molar-refractivity contribution in [2.45, 2.75) is 25.3 Å². The highest BCUT2D eigenvalue weighted by atomic mass is 35.5. The zero-order chi connectivity index (χ0) is 7.19. The van der Waals surface area contributed by atoms with Gasteiger partial charge >= 0.3 is 0 Å². The monoisotopic (exact) mass is 175 g/mol. The Hall–Kier alpha value is -0.610. The van der Waals surface area contributed by atoms with Crippen molar-refractivity contribution in [2.24, 2.45) is 5.73 Å². The number of halogens is 1. The molecule has 1 heterocycles. The van der Waals surface area contributed by atoms with Gasteiger partial charge in [-0.25, -0.2) is 0 Å². The molecule has 1 aromatic rings. The predicted octanol–water partition coefficient (Wildman–Crippen LogP) is 0.748. The van der Waals surface area contributed by atoms with Crippen molar-refractivity contribution < 1.29 is 4.52 Å². The molecule has 2 rings (SSSR count). The first-order valence-corrected chi connectivity index (χ1v) is 3.30. The molecule has 1 aliphatic rings. The second-order valence-corrected chi connectivity index (χ2v) is 2.79. The molecule has 0 unspecified atom stereocenters. The minimum atomic E-state index is -0.252. The molecular weight excluding hydrogens is 166 g/mol. The highest BCUT2D eigenvalue weighted by Gasteiger charge is 2.44. The molecule has 1 aromatic heterocycles. The summed E-state index contributed by atoms with van der Waals surface area (Å²) in [6.45, 7) is 1.77. The Morgan fingerprint density at radius 3 is 2.55 bits per heavy atom. The first kappa shape index (κ1) is 8.49. The second-order valence-electron chi connectivity index (χ2n) is 2.79. The van der Waals surface area contributed by atoms with Gasteiger partial charge in [-0.15, -0.1) is 12.4 Å². The minimum Gasteiger partial charge on any atom is -0.340 e. The maximum atomic E-state index is 5.80. The van der Waals surface area contributed by atoms with Crippen molar-refractivity contribution >= 4 is 12.4 Å². The molecule has 1 fully saturated rings. The average Bonchev–Trinajstić information content (AvgIpc) is 2.45. The molecule has 11 heavy (non-hydrogen) atoms. The largest absolute Gasteiger partial charge is 0.340 e. The number of nitrogens with zero attached hydrogens (tertiary/aromatic N) is 2. The molecule has 4 nitrogen and oxygen atoms in total. The van der Waals surface area contributed by atoms with E-state index in [4.69, 9.17) is 10.3 Å². The maximum Gasteiger partial charge on any atom is 0.223 e. The van der Waals surface area contributed by atoms with Gasteiger partial charge in [0.25, 0.3) is 0 Å². The molecule has 0 aliphatic heterocycles. The summed E-state index contributed by atoms with van der Waals surface area (Å²) in [5.41, 5.74) is 5.54. The van der Waals surface area contributed by atoms with Crippen molar-refractivity contribution in [3.8, 4) is 0 Å². The van der Waals surface area contributed by atoms with Crippen LogP contribution in [-0.4, -0.2) is 10.1 Å². The number of rotatable bonds is 1. The molecule has 0 amide bonds. The summed E-state index contributed by atoms with van der Waals surface area (Å²) in [4.78, 5) is 4.04. The summed E-state index contributed by atoms with van der Waals surface area (Å²) < 4.78 is 4.79. The van der Waals surface area contributed by atoms with E-state index in [-0.39, 0.29) is 17.9 Å². The van der Waals surface area contributed by atoms with E-state index in [1.807, 2.05) is 0 Å². The van der Waals surface area contributed by atoms with E-state index in [2.05, 4.69) is 10.1 Å². The Bertz CT molecular complexity index is 256. The second kappa shape index (κ2) is 2.46. The Morgan fingerprint density at radius 2 is 2.18 bits per heavy atom. The zero-order valence-electron chi connectivity index (χ0n) is 6.20. The number of aromatic nitrogens is 2. The van der Waals surface area contributed by atoms with Crippen molar-refractivity contribution in [3.63, 3.8) is 0 Å². The van der Waals surface area contributed by atoms with Crippen molar-refractivity contribution in [1.82, 2.24) is 10.1 Å². The molecule has 5 heteroatoms. The van der Waals surface area contributed by atoms with Crippen LogP contribution in [0.4, 0.5) is 0 Å². The highest BCUT2D eigenvalue weighted by molar-refractivity contribution is 5.85. The van der Waals surface area contributed by atoms with Crippen LogP contribution in [0.5, 0.6) is 0 Å². The summed E-state index contributed by atoms with van der Waals surface area (Å²) in [6, 6.07) is 0. The molecule has 1 aliphatic carbocycles. The van der Waals surface area contributed by atoms with E-state index >= 15 is 0 Å². The molecular formula is C6H10ClN3O. The van der Waals surface area contributed by atoms with Gasteiger partial charge in [0.05, 0.1) is 5.54 Å². The van der Waals surface area contributed by atoms with Crippen LogP contribution >= 0.6 is 12.4 Å². The van der Waals surface area contributed by atoms with Gasteiger partial charge in [-0.1, -0.05) is 5.16 Å². The van der Waals surface area contributed by atoms with Gasteiger partial charge in [0.1, 0.15) is 0 Å². The van der Waals surface area contributed by atoms with Crippen LogP contribution in [-0.2, 0) is 5.54 Å². The summed E-state index contributed by atoms with van der Waals surface area (Å²) in [7, 11) is 0.